The number of primary amides is 1. The Labute approximate surface area is 145 Å². The van der Waals surface area contributed by atoms with E-state index in [1.165, 1.54) is 0 Å². The number of carbonyl (C=O) groups excluding carboxylic acids is 2. The first-order valence-corrected chi connectivity index (χ1v) is 8.06. The molecule has 1 saturated heterocycles. The molecule has 2 aromatic rings. The van der Waals surface area contributed by atoms with Gasteiger partial charge >= 0.3 is 0 Å². The molecule has 0 spiro atoms. The average Bonchev–Trinajstić information content (AvgIpc) is 3.18. The lowest BCUT2D eigenvalue weighted by Crippen LogP contribution is -2.32. The summed E-state index contributed by atoms with van der Waals surface area (Å²) in [4.78, 5) is 26.4. The quantitative estimate of drug-likeness (QED) is 0.899. The Hall–Kier alpha value is -2.28. The van der Waals surface area contributed by atoms with Gasteiger partial charge in [-0.1, -0.05) is 11.6 Å². The van der Waals surface area contributed by atoms with Crippen LogP contribution in [-0.4, -0.2) is 44.2 Å². The predicted molar refractivity (Wildman–Crippen MR) is 89.7 cm³/mol. The van der Waals surface area contributed by atoms with Crippen molar-refractivity contribution in [2.75, 3.05) is 13.1 Å². The third-order valence-electron chi connectivity index (χ3n) is 4.84. The molecule has 2 amide bonds. The van der Waals surface area contributed by atoms with Crippen LogP contribution in [0, 0.1) is 12.8 Å². The average molecular weight is 350 g/mol. The van der Waals surface area contributed by atoms with E-state index in [2.05, 4.69) is 5.10 Å². The van der Waals surface area contributed by atoms with Crippen molar-refractivity contribution >= 4 is 23.4 Å². The maximum absolute atomic E-state index is 12.8. The fourth-order valence-electron chi connectivity index (χ4n) is 3.35. The van der Waals surface area contributed by atoms with E-state index in [0.717, 1.165) is 11.3 Å². The van der Waals surface area contributed by atoms with Crippen molar-refractivity contribution in [3.63, 3.8) is 0 Å². The van der Waals surface area contributed by atoms with Gasteiger partial charge in [0, 0.05) is 45.0 Å². The molecule has 2 atom stereocenters. The van der Waals surface area contributed by atoms with Crippen LogP contribution in [0.2, 0.25) is 5.02 Å². The first-order chi connectivity index (χ1) is 11.3. The summed E-state index contributed by atoms with van der Waals surface area (Å²) >= 11 is 5.97. The van der Waals surface area contributed by atoms with Gasteiger partial charge in [0.2, 0.25) is 5.91 Å². The lowest BCUT2D eigenvalue weighted by molar-refractivity contribution is -0.121. The molecule has 24 heavy (non-hydrogen) atoms. The minimum absolute atomic E-state index is 0.143. The van der Waals surface area contributed by atoms with Gasteiger partial charge in [-0.3, -0.25) is 14.3 Å². The van der Waals surface area contributed by atoms with Crippen molar-refractivity contribution in [2.24, 2.45) is 25.7 Å². The third-order valence-corrected chi connectivity index (χ3v) is 5.04. The highest BCUT2D eigenvalue weighted by Crippen LogP contribution is 2.35. The van der Waals surface area contributed by atoms with Crippen LogP contribution in [0.25, 0.3) is 0 Å². The molecule has 1 aliphatic rings. The largest absolute Gasteiger partial charge is 0.369 e. The predicted octanol–water partition coefficient (Wildman–Crippen LogP) is 1.06. The Bertz CT molecular complexity index is 809. The molecule has 2 aromatic heterocycles. The van der Waals surface area contributed by atoms with Crippen molar-refractivity contribution in [2.45, 2.75) is 12.8 Å². The molecule has 0 radical (unpaired) electrons. The number of likely N-dealkylation sites (tertiary alicyclic amines) is 1. The number of rotatable bonds is 3. The highest BCUT2D eigenvalue weighted by molar-refractivity contribution is 6.31. The van der Waals surface area contributed by atoms with Gasteiger partial charge in [0.1, 0.15) is 5.69 Å². The maximum Gasteiger partial charge on any atom is 0.270 e. The lowest BCUT2D eigenvalue weighted by atomic mass is 9.89. The molecule has 3 rings (SSSR count). The second-order valence-electron chi connectivity index (χ2n) is 6.29. The molecule has 128 valence electrons. The van der Waals surface area contributed by atoms with Crippen LogP contribution in [0.4, 0.5) is 0 Å². The summed E-state index contributed by atoms with van der Waals surface area (Å²) in [5, 5.41) is 4.75. The van der Waals surface area contributed by atoms with Gasteiger partial charge in [0.05, 0.1) is 17.1 Å². The van der Waals surface area contributed by atoms with Crippen LogP contribution in [0.5, 0.6) is 0 Å². The Balaban J connectivity index is 1.90. The fraction of sp³-hybridized carbons (Fsp3) is 0.438. The number of nitrogens with zero attached hydrogens (tertiary/aromatic N) is 4. The van der Waals surface area contributed by atoms with Crippen LogP contribution in [-0.2, 0) is 18.9 Å². The number of hydrogen-bond acceptors (Lipinski definition) is 3. The van der Waals surface area contributed by atoms with Crippen LogP contribution < -0.4 is 5.73 Å². The van der Waals surface area contributed by atoms with Crippen LogP contribution in [0.1, 0.15) is 27.7 Å². The standard InChI is InChI=1S/C16H20ClN5O2/c1-9-11(5-19-21(9)3)12-7-22(8-13(12)15(18)23)16(24)14-4-10(17)6-20(14)2/h4-6,12-13H,7-8H2,1-3H3,(H2,18,23)/t12-,13+/m1/s1. The molecule has 0 unspecified atom stereocenters. The van der Waals surface area contributed by atoms with Crippen LogP contribution in [0.15, 0.2) is 18.5 Å². The van der Waals surface area contributed by atoms with Gasteiger partial charge < -0.3 is 15.2 Å². The number of halogens is 1. The van der Waals surface area contributed by atoms with Crippen molar-refractivity contribution < 1.29 is 9.59 Å². The second-order valence-corrected chi connectivity index (χ2v) is 6.73. The molecule has 0 aromatic carbocycles. The fourth-order valence-corrected chi connectivity index (χ4v) is 3.60. The Morgan fingerprint density at radius 1 is 1.33 bits per heavy atom. The summed E-state index contributed by atoms with van der Waals surface area (Å²) in [6.45, 7) is 2.68. The van der Waals surface area contributed by atoms with Crippen molar-refractivity contribution in [3.8, 4) is 0 Å². The first kappa shape index (κ1) is 16.6. The summed E-state index contributed by atoms with van der Waals surface area (Å²) in [6, 6.07) is 1.63. The Morgan fingerprint density at radius 2 is 2.04 bits per heavy atom. The summed E-state index contributed by atoms with van der Waals surface area (Å²) in [7, 11) is 3.62. The minimum Gasteiger partial charge on any atom is -0.369 e. The summed E-state index contributed by atoms with van der Waals surface area (Å²) in [6.07, 6.45) is 3.43. The number of aryl methyl sites for hydroxylation is 2. The molecule has 0 aliphatic carbocycles. The summed E-state index contributed by atoms with van der Waals surface area (Å²) < 4.78 is 3.45. The molecule has 8 heteroatoms. The molecule has 3 heterocycles. The topological polar surface area (TPSA) is 86.2 Å². The number of carbonyl (C=O) groups is 2. The van der Waals surface area contributed by atoms with Gasteiger partial charge in [0.25, 0.3) is 5.91 Å². The van der Waals surface area contributed by atoms with E-state index in [0.29, 0.717) is 23.8 Å². The Morgan fingerprint density at radius 3 is 2.54 bits per heavy atom. The van der Waals surface area contributed by atoms with E-state index in [-0.39, 0.29) is 11.8 Å². The maximum atomic E-state index is 12.8. The SMILES string of the molecule is Cc1c([C@H]2CN(C(=O)c3cc(Cl)cn3C)C[C@@H]2C(N)=O)cnn1C. The highest BCUT2D eigenvalue weighted by Gasteiger charge is 2.41. The van der Waals surface area contributed by atoms with Crippen molar-refractivity contribution in [3.05, 3.63) is 40.4 Å². The molecule has 1 fully saturated rings. The zero-order valence-corrected chi connectivity index (χ0v) is 14.6. The smallest absolute Gasteiger partial charge is 0.270 e. The second kappa shape index (κ2) is 5.98. The lowest BCUT2D eigenvalue weighted by Gasteiger charge is -2.16. The Kier molecular flexibility index (Phi) is 4.13. The minimum atomic E-state index is -0.424. The van der Waals surface area contributed by atoms with Gasteiger partial charge in [-0.05, 0) is 18.6 Å². The molecule has 0 saturated carbocycles. The van der Waals surface area contributed by atoms with E-state index in [4.69, 9.17) is 17.3 Å². The molecule has 7 nitrogen and oxygen atoms in total. The van der Waals surface area contributed by atoms with Gasteiger partial charge in [-0.15, -0.1) is 0 Å². The summed E-state index contributed by atoms with van der Waals surface area (Å²) in [5.41, 5.74) is 8.01. The van der Waals surface area contributed by atoms with E-state index >= 15 is 0 Å². The normalized spacial score (nSPS) is 20.6. The molecule has 1 aliphatic heterocycles. The number of aromatic nitrogens is 3. The van der Waals surface area contributed by atoms with E-state index < -0.39 is 11.8 Å². The van der Waals surface area contributed by atoms with Crippen molar-refractivity contribution in [1.29, 1.82) is 0 Å². The van der Waals surface area contributed by atoms with Gasteiger partial charge in [-0.2, -0.15) is 5.10 Å². The highest BCUT2D eigenvalue weighted by atomic mass is 35.5. The number of nitrogens with two attached hydrogens (primary N) is 1. The van der Waals surface area contributed by atoms with Crippen molar-refractivity contribution in [1.82, 2.24) is 19.2 Å². The zero-order valence-electron chi connectivity index (χ0n) is 13.9. The molecular weight excluding hydrogens is 330 g/mol. The monoisotopic (exact) mass is 349 g/mol. The van der Waals surface area contributed by atoms with Gasteiger partial charge in [0.15, 0.2) is 0 Å². The molecule has 2 N–H and O–H groups in total. The number of hydrogen-bond donors (Lipinski definition) is 1. The van der Waals surface area contributed by atoms with Crippen LogP contribution in [0.3, 0.4) is 0 Å². The third kappa shape index (κ3) is 2.69. The molecular formula is C16H20ClN5O2. The molecule has 0 bridgehead atoms. The van der Waals surface area contributed by atoms with Gasteiger partial charge in [-0.25, -0.2) is 0 Å². The van der Waals surface area contributed by atoms with Crippen LogP contribution >= 0.6 is 11.6 Å². The first-order valence-electron chi connectivity index (χ1n) is 7.68. The van der Waals surface area contributed by atoms with E-state index in [1.54, 1.807) is 39.7 Å². The number of amides is 2. The zero-order chi connectivity index (χ0) is 17.6. The van der Waals surface area contributed by atoms with E-state index in [9.17, 15) is 9.59 Å². The summed E-state index contributed by atoms with van der Waals surface area (Å²) in [5.74, 6) is -1.12. The van der Waals surface area contributed by atoms with E-state index in [1.807, 2.05) is 14.0 Å².